The first-order valence-corrected chi connectivity index (χ1v) is 9.17. The summed E-state index contributed by atoms with van der Waals surface area (Å²) in [7, 11) is 0. The third-order valence-corrected chi connectivity index (χ3v) is 5.78. The first-order valence-electron chi connectivity index (χ1n) is 7.60. The SMILES string of the molecule is N#CC1CC1c1c(C(F)(F)F)sc2nc(Cn3nc(Cl)cc3Cl)cc(=O)n12. The predicted molar refractivity (Wildman–Crippen MR) is 92.2 cm³/mol. The molecule has 2 unspecified atom stereocenters. The van der Waals surface area contributed by atoms with E-state index in [1.54, 1.807) is 0 Å². The second-order valence-corrected chi connectivity index (χ2v) is 7.80. The maximum absolute atomic E-state index is 13.5. The normalized spacial score (nSPS) is 19.4. The zero-order valence-electron chi connectivity index (χ0n) is 13.2. The molecule has 0 radical (unpaired) electrons. The molecule has 12 heteroatoms. The van der Waals surface area contributed by atoms with E-state index in [0.29, 0.717) is 17.8 Å². The van der Waals surface area contributed by atoms with Crippen molar-refractivity contribution in [1.82, 2.24) is 19.2 Å². The van der Waals surface area contributed by atoms with Crippen LogP contribution in [0.15, 0.2) is 16.9 Å². The average molecular weight is 434 g/mol. The quantitative estimate of drug-likeness (QED) is 0.626. The molecule has 1 saturated carbocycles. The number of nitrogens with zero attached hydrogens (tertiary/aromatic N) is 5. The molecule has 0 aromatic carbocycles. The molecule has 0 saturated heterocycles. The number of hydrogen-bond acceptors (Lipinski definition) is 5. The van der Waals surface area contributed by atoms with Gasteiger partial charge >= 0.3 is 6.18 Å². The second kappa shape index (κ2) is 6.22. The van der Waals surface area contributed by atoms with E-state index in [-0.39, 0.29) is 33.2 Å². The summed E-state index contributed by atoms with van der Waals surface area (Å²) in [4.78, 5) is 15.8. The molecule has 0 spiro atoms. The molecule has 1 aliphatic rings. The van der Waals surface area contributed by atoms with Crippen LogP contribution in [0.3, 0.4) is 0 Å². The Morgan fingerprint density at radius 2 is 2.11 bits per heavy atom. The minimum Gasteiger partial charge on any atom is -0.269 e. The summed E-state index contributed by atoms with van der Waals surface area (Å²) in [5, 5.41) is 13.3. The molecule has 0 amide bonds. The third kappa shape index (κ3) is 3.20. The van der Waals surface area contributed by atoms with E-state index in [9.17, 15) is 18.0 Å². The lowest BCUT2D eigenvalue weighted by atomic mass is 10.2. The highest BCUT2D eigenvalue weighted by Crippen LogP contribution is 2.52. The Kier molecular flexibility index (Phi) is 4.21. The van der Waals surface area contributed by atoms with Crippen LogP contribution in [-0.2, 0) is 12.7 Å². The van der Waals surface area contributed by atoms with Gasteiger partial charge in [0.1, 0.15) is 10.0 Å². The van der Waals surface area contributed by atoms with Crippen molar-refractivity contribution in [3.63, 3.8) is 0 Å². The molecule has 3 aromatic heterocycles. The van der Waals surface area contributed by atoms with Crippen molar-refractivity contribution in [1.29, 1.82) is 5.26 Å². The van der Waals surface area contributed by atoms with Crippen LogP contribution in [0, 0.1) is 17.2 Å². The van der Waals surface area contributed by atoms with Crippen molar-refractivity contribution in [2.45, 2.75) is 25.1 Å². The van der Waals surface area contributed by atoms with E-state index in [2.05, 4.69) is 10.1 Å². The van der Waals surface area contributed by atoms with Crippen LogP contribution in [0.25, 0.3) is 4.96 Å². The Balaban J connectivity index is 1.85. The van der Waals surface area contributed by atoms with Gasteiger partial charge in [-0.1, -0.05) is 34.5 Å². The molecule has 1 fully saturated rings. The van der Waals surface area contributed by atoms with E-state index < -0.39 is 28.4 Å². The molecule has 27 heavy (non-hydrogen) atoms. The van der Waals surface area contributed by atoms with Gasteiger partial charge in [-0.15, -0.1) is 0 Å². The van der Waals surface area contributed by atoms with Gasteiger partial charge < -0.3 is 0 Å². The number of alkyl halides is 3. The van der Waals surface area contributed by atoms with Crippen LogP contribution in [0.2, 0.25) is 10.3 Å². The van der Waals surface area contributed by atoms with E-state index in [1.165, 1.54) is 10.7 Å². The molecule has 0 aliphatic heterocycles. The summed E-state index contributed by atoms with van der Waals surface area (Å²) in [6.07, 6.45) is -4.34. The summed E-state index contributed by atoms with van der Waals surface area (Å²) in [6, 6.07) is 4.49. The number of hydrogen-bond donors (Lipinski definition) is 0. The van der Waals surface area contributed by atoms with Crippen LogP contribution in [0.1, 0.15) is 28.6 Å². The van der Waals surface area contributed by atoms with Crippen molar-refractivity contribution in [2.75, 3.05) is 0 Å². The fraction of sp³-hybridized carbons (Fsp3) is 0.333. The topological polar surface area (TPSA) is 76.0 Å². The van der Waals surface area contributed by atoms with Gasteiger partial charge in [0.25, 0.3) is 5.56 Å². The summed E-state index contributed by atoms with van der Waals surface area (Å²) in [5.41, 5.74) is -0.621. The number of thiazole rings is 1. The van der Waals surface area contributed by atoms with Crippen LogP contribution in [0.4, 0.5) is 13.2 Å². The average Bonchev–Trinajstić information content (AvgIpc) is 3.13. The summed E-state index contributed by atoms with van der Waals surface area (Å²) >= 11 is 12.1. The smallest absolute Gasteiger partial charge is 0.269 e. The molecule has 0 N–H and O–H groups in total. The lowest BCUT2D eigenvalue weighted by molar-refractivity contribution is -0.135. The monoisotopic (exact) mass is 433 g/mol. The third-order valence-electron chi connectivity index (χ3n) is 4.19. The molecular weight excluding hydrogens is 426 g/mol. The molecule has 3 aromatic rings. The Bertz CT molecular complexity index is 1160. The summed E-state index contributed by atoms with van der Waals surface area (Å²) < 4.78 is 42.7. The number of aromatic nitrogens is 4. The zero-order chi connectivity index (χ0) is 19.5. The first-order chi connectivity index (χ1) is 12.7. The molecule has 0 bridgehead atoms. The van der Waals surface area contributed by atoms with Crippen molar-refractivity contribution in [3.05, 3.63) is 49.1 Å². The lowest BCUT2D eigenvalue weighted by Gasteiger charge is -2.07. The van der Waals surface area contributed by atoms with Crippen LogP contribution >= 0.6 is 34.5 Å². The van der Waals surface area contributed by atoms with Crippen LogP contribution in [0.5, 0.6) is 0 Å². The second-order valence-electron chi connectivity index (χ2n) is 6.04. The van der Waals surface area contributed by atoms with Gasteiger partial charge in [-0.25, -0.2) is 9.67 Å². The number of fused-ring (bicyclic) bond motifs is 1. The maximum atomic E-state index is 13.5. The number of nitriles is 1. The van der Waals surface area contributed by atoms with Crippen molar-refractivity contribution < 1.29 is 13.2 Å². The predicted octanol–water partition coefficient (Wildman–Crippen LogP) is 3.95. The Morgan fingerprint density at radius 1 is 1.37 bits per heavy atom. The van der Waals surface area contributed by atoms with Crippen LogP contribution < -0.4 is 5.56 Å². The van der Waals surface area contributed by atoms with E-state index >= 15 is 0 Å². The van der Waals surface area contributed by atoms with Gasteiger partial charge in [0, 0.05) is 18.1 Å². The molecule has 2 atom stereocenters. The van der Waals surface area contributed by atoms with E-state index in [0.717, 1.165) is 10.5 Å². The molecular formula is C15H8Cl2F3N5OS. The fourth-order valence-corrected chi connectivity index (χ4v) is 4.47. The molecule has 3 heterocycles. The maximum Gasteiger partial charge on any atom is 0.427 e. The molecule has 140 valence electrons. The minimum atomic E-state index is -4.64. The Labute approximate surface area is 163 Å². The molecule has 6 nitrogen and oxygen atoms in total. The van der Waals surface area contributed by atoms with Gasteiger partial charge in [0.15, 0.2) is 10.1 Å². The minimum absolute atomic E-state index is 0.0177. The van der Waals surface area contributed by atoms with Gasteiger partial charge in [-0.2, -0.15) is 23.5 Å². The largest absolute Gasteiger partial charge is 0.427 e. The first kappa shape index (κ1) is 18.3. The Hall–Kier alpha value is -2.09. The van der Waals surface area contributed by atoms with Gasteiger partial charge in [0.05, 0.1) is 29.9 Å². The molecule has 4 rings (SSSR count). The van der Waals surface area contributed by atoms with Crippen molar-refractivity contribution in [2.24, 2.45) is 5.92 Å². The fourth-order valence-electron chi connectivity index (χ4n) is 2.93. The van der Waals surface area contributed by atoms with E-state index in [4.69, 9.17) is 28.5 Å². The summed E-state index contributed by atoms with van der Waals surface area (Å²) in [6.45, 7) is -0.0177. The number of halogens is 5. The van der Waals surface area contributed by atoms with Gasteiger partial charge in [-0.3, -0.25) is 9.20 Å². The highest BCUT2D eigenvalue weighted by Gasteiger charge is 2.48. The molecule has 1 aliphatic carbocycles. The standard InChI is InChI=1S/C15H8Cl2F3N5OS/c16-9-3-10(17)24(23-9)5-7-2-11(26)25-12(8-1-6(8)4-21)13(15(18,19)20)27-14(25)22-7/h2-3,6,8H,1,5H2. The van der Waals surface area contributed by atoms with Crippen LogP contribution in [-0.4, -0.2) is 19.2 Å². The van der Waals surface area contributed by atoms with Crippen molar-refractivity contribution in [3.8, 4) is 6.07 Å². The highest BCUT2D eigenvalue weighted by molar-refractivity contribution is 7.17. The zero-order valence-corrected chi connectivity index (χ0v) is 15.5. The Morgan fingerprint density at radius 3 is 2.67 bits per heavy atom. The van der Waals surface area contributed by atoms with Gasteiger partial charge in [0.2, 0.25) is 0 Å². The lowest BCUT2D eigenvalue weighted by Crippen LogP contribution is -2.19. The van der Waals surface area contributed by atoms with Gasteiger partial charge in [-0.05, 0) is 6.42 Å². The van der Waals surface area contributed by atoms with Crippen molar-refractivity contribution >= 4 is 39.5 Å². The summed E-state index contributed by atoms with van der Waals surface area (Å²) in [5.74, 6) is -1.15. The number of rotatable bonds is 3. The highest BCUT2D eigenvalue weighted by atomic mass is 35.5. The van der Waals surface area contributed by atoms with E-state index in [1.807, 2.05) is 6.07 Å².